The zero-order valence-electron chi connectivity index (χ0n) is 11.3. The van der Waals surface area contributed by atoms with Crippen molar-refractivity contribution >= 4 is 17.9 Å². The first-order chi connectivity index (χ1) is 9.45. The summed E-state index contributed by atoms with van der Waals surface area (Å²) in [7, 11) is 3.53. The van der Waals surface area contributed by atoms with Gasteiger partial charge in [0, 0.05) is 20.2 Å². The van der Waals surface area contributed by atoms with Crippen LogP contribution in [0.3, 0.4) is 0 Å². The van der Waals surface area contributed by atoms with Crippen LogP contribution in [-0.4, -0.2) is 40.2 Å². The topological polar surface area (TPSA) is 120 Å². The smallest absolute Gasteiger partial charge is 0.377 e. The van der Waals surface area contributed by atoms with Gasteiger partial charge in [-0.05, 0) is 6.92 Å². The molecule has 0 saturated heterocycles. The molecule has 0 aromatic carbocycles. The normalized spacial score (nSPS) is 10.3. The maximum atomic E-state index is 11.7. The molecule has 0 aliphatic heterocycles. The lowest BCUT2D eigenvalue weighted by Gasteiger charge is -2.11. The molecule has 2 N–H and O–H groups in total. The minimum Gasteiger partial charge on any atom is -0.452 e. The number of carbonyl (C=O) groups excluding carboxylic acids is 1. The van der Waals surface area contributed by atoms with E-state index in [1.807, 2.05) is 0 Å². The zero-order chi connectivity index (χ0) is 14.7. The van der Waals surface area contributed by atoms with Gasteiger partial charge in [0.25, 0.3) is 0 Å². The second-order valence-electron chi connectivity index (χ2n) is 4.21. The van der Waals surface area contributed by atoms with Crippen molar-refractivity contribution in [2.24, 2.45) is 0 Å². The van der Waals surface area contributed by atoms with Gasteiger partial charge >= 0.3 is 5.97 Å². The third kappa shape index (κ3) is 3.19. The first-order valence-corrected chi connectivity index (χ1v) is 5.74. The number of esters is 1. The van der Waals surface area contributed by atoms with E-state index < -0.39 is 5.97 Å². The summed E-state index contributed by atoms with van der Waals surface area (Å²) in [6, 6.07) is 1.48. The summed E-state index contributed by atoms with van der Waals surface area (Å²) in [5.41, 5.74) is 6.15. The van der Waals surface area contributed by atoms with Gasteiger partial charge in [0.1, 0.15) is 0 Å². The predicted octanol–water partition coefficient (Wildman–Crippen LogP) is 0.173. The first kappa shape index (κ1) is 13.7. The summed E-state index contributed by atoms with van der Waals surface area (Å²) in [5.74, 6) is 0.0865. The van der Waals surface area contributed by atoms with Crippen molar-refractivity contribution in [3.8, 4) is 0 Å². The van der Waals surface area contributed by atoms with Crippen molar-refractivity contribution < 1.29 is 14.1 Å². The Morgan fingerprint density at radius 1 is 1.40 bits per heavy atom. The van der Waals surface area contributed by atoms with Gasteiger partial charge in [-0.1, -0.05) is 5.16 Å². The molecule has 9 nitrogen and oxygen atoms in total. The van der Waals surface area contributed by atoms with E-state index in [4.69, 9.17) is 15.0 Å². The highest BCUT2D eigenvalue weighted by atomic mass is 16.6. The fourth-order valence-corrected chi connectivity index (χ4v) is 1.35. The second kappa shape index (κ2) is 5.51. The molecule has 0 unspecified atom stereocenters. The summed E-state index contributed by atoms with van der Waals surface area (Å²) in [4.78, 5) is 25.3. The Balaban J connectivity index is 2.05. The molecule has 0 atom stereocenters. The van der Waals surface area contributed by atoms with Gasteiger partial charge in [-0.3, -0.25) is 0 Å². The van der Waals surface area contributed by atoms with Crippen LogP contribution in [0.1, 0.15) is 22.1 Å². The SMILES string of the molecule is Cc1cc(C(=O)OCc2nc(N)nc(N(C)C)n2)on1. The molecule has 0 spiro atoms. The lowest BCUT2D eigenvalue weighted by molar-refractivity contribution is 0.0415. The molecule has 2 rings (SSSR count). The number of hydrogen-bond donors (Lipinski definition) is 1. The largest absolute Gasteiger partial charge is 0.452 e. The Kier molecular flexibility index (Phi) is 3.78. The van der Waals surface area contributed by atoms with E-state index in [1.54, 1.807) is 25.9 Å². The fourth-order valence-electron chi connectivity index (χ4n) is 1.35. The molecule has 2 heterocycles. The molecule has 2 aromatic rings. The average molecular weight is 278 g/mol. The van der Waals surface area contributed by atoms with E-state index in [-0.39, 0.29) is 24.1 Å². The van der Waals surface area contributed by atoms with E-state index in [0.29, 0.717) is 11.6 Å². The van der Waals surface area contributed by atoms with Crippen molar-refractivity contribution in [2.45, 2.75) is 13.5 Å². The first-order valence-electron chi connectivity index (χ1n) is 5.74. The number of nitrogen functional groups attached to an aromatic ring is 1. The Hall–Kier alpha value is -2.71. The Morgan fingerprint density at radius 2 is 2.15 bits per heavy atom. The van der Waals surface area contributed by atoms with Crippen molar-refractivity contribution in [3.05, 3.63) is 23.3 Å². The molecule has 0 fully saturated rings. The monoisotopic (exact) mass is 278 g/mol. The Morgan fingerprint density at radius 3 is 2.75 bits per heavy atom. The van der Waals surface area contributed by atoms with Crippen LogP contribution < -0.4 is 10.6 Å². The summed E-state index contributed by atoms with van der Waals surface area (Å²) in [6.07, 6.45) is 0. The Labute approximate surface area is 114 Å². The van der Waals surface area contributed by atoms with Crippen LogP contribution >= 0.6 is 0 Å². The number of aryl methyl sites for hydroxylation is 1. The lowest BCUT2D eigenvalue weighted by Crippen LogP contribution is -2.17. The standard InChI is InChI=1S/C11H14N6O3/c1-6-4-7(20-16-6)9(18)19-5-8-13-10(12)15-11(14-8)17(2)3/h4H,5H2,1-3H3,(H2,12,13,14,15). The molecule has 0 bridgehead atoms. The average Bonchev–Trinajstić information content (AvgIpc) is 2.82. The molecule has 9 heteroatoms. The van der Waals surface area contributed by atoms with Crippen LogP contribution in [0.5, 0.6) is 0 Å². The zero-order valence-corrected chi connectivity index (χ0v) is 11.3. The number of ether oxygens (including phenoxy) is 1. The molecule has 0 aliphatic carbocycles. The van der Waals surface area contributed by atoms with Crippen LogP contribution in [-0.2, 0) is 11.3 Å². The maximum absolute atomic E-state index is 11.7. The van der Waals surface area contributed by atoms with Gasteiger partial charge in [-0.15, -0.1) is 0 Å². The van der Waals surface area contributed by atoms with E-state index in [2.05, 4.69) is 20.1 Å². The highest BCUT2D eigenvalue weighted by Crippen LogP contribution is 2.09. The van der Waals surface area contributed by atoms with Crippen LogP contribution in [0.2, 0.25) is 0 Å². The number of anilines is 2. The molecule has 106 valence electrons. The molecule has 20 heavy (non-hydrogen) atoms. The van der Waals surface area contributed by atoms with Crippen LogP contribution in [0.15, 0.2) is 10.6 Å². The van der Waals surface area contributed by atoms with Crippen LogP contribution in [0.25, 0.3) is 0 Å². The number of carbonyl (C=O) groups is 1. The molecule has 0 amide bonds. The van der Waals surface area contributed by atoms with Gasteiger partial charge in [0.2, 0.25) is 17.7 Å². The summed E-state index contributed by atoms with van der Waals surface area (Å²) in [5, 5.41) is 3.60. The number of nitrogens with two attached hydrogens (primary N) is 1. The van der Waals surface area contributed by atoms with Gasteiger partial charge in [0.15, 0.2) is 12.4 Å². The third-order valence-corrected chi connectivity index (χ3v) is 2.25. The van der Waals surface area contributed by atoms with Crippen molar-refractivity contribution in [1.29, 1.82) is 0 Å². The van der Waals surface area contributed by atoms with Crippen LogP contribution in [0, 0.1) is 6.92 Å². The molecular formula is C11H14N6O3. The maximum Gasteiger partial charge on any atom is 0.377 e. The summed E-state index contributed by atoms with van der Waals surface area (Å²) < 4.78 is 9.81. The van der Waals surface area contributed by atoms with Crippen molar-refractivity contribution in [1.82, 2.24) is 20.1 Å². The van der Waals surface area contributed by atoms with Crippen LogP contribution in [0.4, 0.5) is 11.9 Å². The summed E-state index contributed by atoms with van der Waals surface area (Å²) in [6.45, 7) is 1.57. The second-order valence-corrected chi connectivity index (χ2v) is 4.21. The van der Waals surface area contributed by atoms with Gasteiger partial charge in [-0.2, -0.15) is 15.0 Å². The minimum atomic E-state index is -0.643. The number of nitrogens with zero attached hydrogens (tertiary/aromatic N) is 5. The van der Waals surface area contributed by atoms with E-state index >= 15 is 0 Å². The van der Waals surface area contributed by atoms with Gasteiger partial charge in [0.05, 0.1) is 5.69 Å². The van der Waals surface area contributed by atoms with Gasteiger partial charge < -0.3 is 19.9 Å². The molecular weight excluding hydrogens is 264 g/mol. The highest BCUT2D eigenvalue weighted by molar-refractivity contribution is 5.86. The van der Waals surface area contributed by atoms with E-state index in [9.17, 15) is 4.79 Å². The quantitative estimate of drug-likeness (QED) is 0.780. The van der Waals surface area contributed by atoms with Crippen molar-refractivity contribution in [2.75, 3.05) is 24.7 Å². The molecule has 0 radical (unpaired) electrons. The summed E-state index contributed by atoms with van der Waals surface area (Å²) >= 11 is 0. The number of rotatable bonds is 4. The number of hydrogen-bond acceptors (Lipinski definition) is 9. The minimum absolute atomic E-state index is 0.0253. The third-order valence-electron chi connectivity index (χ3n) is 2.25. The van der Waals surface area contributed by atoms with Crippen molar-refractivity contribution in [3.63, 3.8) is 0 Å². The highest BCUT2D eigenvalue weighted by Gasteiger charge is 2.15. The lowest BCUT2D eigenvalue weighted by atomic mass is 10.4. The Bertz CT molecular complexity index is 624. The molecule has 0 aliphatic rings. The fraction of sp³-hybridized carbons (Fsp3) is 0.364. The molecule has 0 saturated carbocycles. The van der Waals surface area contributed by atoms with E-state index in [1.165, 1.54) is 6.07 Å². The van der Waals surface area contributed by atoms with E-state index in [0.717, 1.165) is 0 Å². The van der Waals surface area contributed by atoms with Gasteiger partial charge in [-0.25, -0.2) is 4.79 Å². The number of aromatic nitrogens is 4. The predicted molar refractivity (Wildman–Crippen MR) is 68.9 cm³/mol. The molecule has 2 aromatic heterocycles.